The van der Waals surface area contributed by atoms with Crippen LogP contribution >= 0.6 is 34.5 Å². The molecular formula is C12H11Cl2NO2S. The van der Waals surface area contributed by atoms with Crippen LogP contribution in [0.2, 0.25) is 10.0 Å². The molecule has 0 spiro atoms. The van der Waals surface area contributed by atoms with Crippen molar-refractivity contribution in [2.24, 2.45) is 0 Å². The third-order valence-electron chi connectivity index (χ3n) is 2.39. The third-order valence-corrected chi connectivity index (χ3v) is 4.28. The van der Waals surface area contributed by atoms with Crippen molar-refractivity contribution in [1.29, 1.82) is 0 Å². The molecule has 2 aromatic rings. The Morgan fingerprint density at radius 2 is 2.22 bits per heavy atom. The highest BCUT2D eigenvalue weighted by Gasteiger charge is 2.16. The fraction of sp³-hybridized carbons (Fsp3) is 0.250. The van der Waals surface area contributed by atoms with Crippen molar-refractivity contribution in [2.45, 2.75) is 0 Å². The Morgan fingerprint density at radius 3 is 2.94 bits per heavy atom. The van der Waals surface area contributed by atoms with E-state index in [4.69, 9.17) is 27.9 Å². The molecular weight excluding hydrogens is 293 g/mol. The minimum absolute atomic E-state index is 0.186. The smallest absolute Gasteiger partial charge is 0.263 e. The molecule has 6 heteroatoms. The van der Waals surface area contributed by atoms with Gasteiger partial charge >= 0.3 is 0 Å². The molecule has 0 saturated heterocycles. The van der Waals surface area contributed by atoms with Crippen LogP contribution in [0.25, 0.3) is 10.1 Å². The maximum atomic E-state index is 11.9. The van der Waals surface area contributed by atoms with Crippen molar-refractivity contribution in [3.05, 3.63) is 33.1 Å². The summed E-state index contributed by atoms with van der Waals surface area (Å²) in [7, 11) is 1.58. The maximum absolute atomic E-state index is 11.9. The van der Waals surface area contributed by atoms with E-state index in [2.05, 4.69) is 5.32 Å². The highest BCUT2D eigenvalue weighted by Crippen LogP contribution is 2.36. The zero-order valence-corrected chi connectivity index (χ0v) is 12.0. The van der Waals surface area contributed by atoms with E-state index in [0.29, 0.717) is 28.1 Å². The summed E-state index contributed by atoms with van der Waals surface area (Å²) in [5.74, 6) is -0.186. The highest BCUT2D eigenvalue weighted by molar-refractivity contribution is 7.21. The second-order valence-corrected chi connectivity index (χ2v) is 5.50. The molecule has 0 atom stereocenters. The molecule has 1 heterocycles. The number of hydrogen-bond donors (Lipinski definition) is 1. The van der Waals surface area contributed by atoms with Crippen LogP contribution in [0, 0.1) is 0 Å². The predicted octanol–water partition coefficient (Wildman–Crippen LogP) is 3.58. The van der Waals surface area contributed by atoms with Gasteiger partial charge in [-0.3, -0.25) is 4.79 Å². The number of halogens is 2. The van der Waals surface area contributed by atoms with E-state index in [1.807, 2.05) is 6.07 Å². The lowest BCUT2D eigenvalue weighted by Gasteiger charge is -2.02. The van der Waals surface area contributed by atoms with Crippen LogP contribution in [0.1, 0.15) is 9.67 Å². The Hall–Kier alpha value is -0.810. The number of ether oxygens (including phenoxy) is 1. The zero-order chi connectivity index (χ0) is 13.1. The standard InChI is InChI=1S/C12H11Cl2NO2S/c1-17-5-4-15-12(16)11-10(14)8-3-2-7(13)6-9(8)18-11/h2-3,6H,4-5H2,1H3,(H,15,16). The van der Waals surface area contributed by atoms with E-state index < -0.39 is 0 Å². The summed E-state index contributed by atoms with van der Waals surface area (Å²) >= 11 is 13.4. The van der Waals surface area contributed by atoms with Crippen LogP contribution in [0.5, 0.6) is 0 Å². The number of fused-ring (bicyclic) bond motifs is 1. The predicted molar refractivity (Wildman–Crippen MR) is 76.1 cm³/mol. The molecule has 0 aliphatic rings. The van der Waals surface area contributed by atoms with Crippen LogP contribution in [0.3, 0.4) is 0 Å². The number of carbonyl (C=O) groups is 1. The number of nitrogens with one attached hydrogen (secondary N) is 1. The van der Waals surface area contributed by atoms with Crippen molar-refractivity contribution in [1.82, 2.24) is 5.32 Å². The van der Waals surface area contributed by atoms with E-state index >= 15 is 0 Å². The lowest BCUT2D eigenvalue weighted by atomic mass is 10.2. The van der Waals surface area contributed by atoms with Crippen molar-refractivity contribution in [3.63, 3.8) is 0 Å². The molecule has 96 valence electrons. The Bertz CT molecular complexity index is 583. The summed E-state index contributed by atoms with van der Waals surface area (Å²) < 4.78 is 5.78. The topological polar surface area (TPSA) is 38.3 Å². The summed E-state index contributed by atoms with van der Waals surface area (Å²) in [5.41, 5.74) is 0. The van der Waals surface area contributed by atoms with Crippen molar-refractivity contribution in [3.8, 4) is 0 Å². The quantitative estimate of drug-likeness (QED) is 0.877. The van der Waals surface area contributed by atoms with Gasteiger partial charge in [-0.05, 0) is 12.1 Å². The average Bonchev–Trinajstić information content (AvgIpc) is 2.66. The molecule has 0 unspecified atom stereocenters. The molecule has 0 saturated carbocycles. The van der Waals surface area contributed by atoms with Gasteiger partial charge < -0.3 is 10.1 Å². The minimum Gasteiger partial charge on any atom is -0.383 e. The van der Waals surface area contributed by atoms with Gasteiger partial charge in [-0.1, -0.05) is 29.3 Å². The Labute approximate surface area is 119 Å². The number of hydrogen-bond acceptors (Lipinski definition) is 3. The van der Waals surface area contributed by atoms with Gasteiger partial charge in [0.1, 0.15) is 4.88 Å². The first kappa shape index (κ1) is 13.6. The van der Waals surface area contributed by atoms with Crippen LogP contribution in [0.15, 0.2) is 18.2 Å². The van der Waals surface area contributed by atoms with E-state index in [-0.39, 0.29) is 5.91 Å². The molecule has 18 heavy (non-hydrogen) atoms. The van der Waals surface area contributed by atoms with Gasteiger partial charge in [0.25, 0.3) is 5.91 Å². The fourth-order valence-corrected chi connectivity index (χ4v) is 3.24. The first-order valence-corrected chi connectivity index (χ1v) is 6.85. The minimum atomic E-state index is -0.186. The number of thiophene rings is 1. The summed E-state index contributed by atoms with van der Waals surface area (Å²) in [6.07, 6.45) is 0. The SMILES string of the molecule is COCCNC(=O)c1sc2cc(Cl)ccc2c1Cl. The molecule has 0 aliphatic carbocycles. The molecule has 1 amide bonds. The Kier molecular flexibility index (Phi) is 4.45. The van der Waals surface area contributed by atoms with Crippen molar-refractivity contribution in [2.75, 3.05) is 20.3 Å². The van der Waals surface area contributed by atoms with Crippen LogP contribution in [0.4, 0.5) is 0 Å². The first-order valence-electron chi connectivity index (χ1n) is 5.28. The van der Waals surface area contributed by atoms with Gasteiger partial charge in [0.05, 0.1) is 11.6 Å². The number of amides is 1. The van der Waals surface area contributed by atoms with Crippen LogP contribution < -0.4 is 5.32 Å². The molecule has 1 aromatic carbocycles. The molecule has 0 aliphatic heterocycles. The third kappa shape index (κ3) is 2.78. The fourth-order valence-electron chi connectivity index (χ4n) is 1.53. The summed E-state index contributed by atoms with van der Waals surface area (Å²) in [6, 6.07) is 5.39. The number of benzene rings is 1. The highest BCUT2D eigenvalue weighted by atomic mass is 35.5. The molecule has 0 bridgehead atoms. The van der Waals surface area contributed by atoms with Gasteiger partial charge in [0.2, 0.25) is 0 Å². The molecule has 3 nitrogen and oxygen atoms in total. The van der Waals surface area contributed by atoms with Gasteiger partial charge in [-0.15, -0.1) is 11.3 Å². The summed E-state index contributed by atoms with van der Waals surface area (Å²) in [5, 5.41) is 4.70. The second kappa shape index (κ2) is 5.89. The first-order chi connectivity index (χ1) is 8.63. The second-order valence-electron chi connectivity index (χ2n) is 3.63. The normalized spacial score (nSPS) is 10.8. The van der Waals surface area contributed by atoms with Gasteiger partial charge in [0.15, 0.2) is 0 Å². The molecule has 2 rings (SSSR count). The largest absolute Gasteiger partial charge is 0.383 e. The molecule has 0 fully saturated rings. The Morgan fingerprint density at radius 1 is 1.44 bits per heavy atom. The molecule has 0 radical (unpaired) electrons. The van der Waals surface area contributed by atoms with Crippen LogP contribution in [-0.2, 0) is 4.74 Å². The lowest BCUT2D eigenvalue weighted by molar-refractivity contribution is 0.0941. The number of methoxy groups -OCH3 is 1. The van der Waals surface area contributed by atoms with E-state index in [0.717, 1.165) is 10.1 Å². The van der Waals surface area contributed by atoms with Crippen LogP contribution in [-0.4, -0.2) is 26.2 Å². The van der Waals surface area contributed by atoms with Crippen molar-refractivity contribution < 1.29 is 9.53 Å². The van der Waals surface area contributed by atoms with E-state index in [9.17, 15) is 4.79 Å². The maximum Gasteiger partial charge on any atom is 0.263 e. The molecule has 1 aromatic heterocycles. The summed E-state index contributed by atoms with van der Waals surface area (Å²) in [6.45, 7) is 0.931. The van der Waals surface area contributed by atoms with E-state index in [1.165, 1.54) is 11.3 Å². The van der Waals surface area contributed by atoms with Gasteiger partial charge in [-0.25, -0.2) is 0 Å². The monoisotopic (exact) mass is 303 g/mol. The zero-order valence-electron chi connectivity index (χ0n) is 9.63. The Balaban J connectivity index is 2.28. The van der Waals surface area contributed by atoms with Gasteiger partial charge in [0, 0.05) is 28.8 Å². The number of rotatable bonds is 4. The van der Waals surface area contributed by atoms with Gasteiger partial charge in [-0.2, -0.15) is 0 Å². The average molecular weight is 304 g/mol. The lowest BCUT2D eigenvalue weighted by Crippen LogP contribution is -2.26. The van der Waals surface area contributed by atoms with Crippen molar-refractivity contribution >= 4 is 50.5 Å². The number of carbonyl (C=O) groups excluding carboxylic acids is 1. The summed E-state index contributed by atoms with van der Waals surface area (Å²) in [4.78, 5) is 12.4. The molecule has 1 N–H and O–H groups in total. The van der Waals surface area contributed by atoms with E-state index in [1.54, 1.807) is 19.2 Å².